The number of phenols is 1. The Hall–Kier alpha value is -6.19. The zero-order valence-corrected chi connectivity index (χ0v) is 35.0. The first kappa shape index (κ1) is 41.5. The lowest BCUT2D eigenvalue weighted by atomic mass is 9.96. The van der Waals surface area contributed by atoms with Gasteiger partial charge in [0, 0.05) is 61.3 Å². The van der Waals surface area contributed by atoms with Crippen LogP contribution < -0.4 is 14.2 Å². The molecule has 2 N–H and O–H groups in total. The Morgan fingerprint density at radius 1 is 0.918 bits per heavy atom. The number of ether oxygens (including phenoxy) is 3. The van der Waals surface area contributed by atoms with Gasteiger partial charge in [-0.2, -0.15) is 0 Å². The normalized spacial score (nSPS) is 13.9. The first-order valence-corrected chi connectivity index (χ1v) is 20.9. The van der Waals surface area contributed by atoms with Crippen molar-refractivity contribution in [3.63, 3.8) is 0 Å². The van der Waals surface area contributed by atoms with E-state index in [0.717, 1.165) is 54.3 Å². The molecule has 1 atom stereocenters. The molecule has 1 aliphatic heterocycles. The summed E-state index contributed by atoms with van der Waals surface area (Å²) in [6.45, 7) is 7.21. The number of thiophene rings is 1. The van der Waals surface area contributed by atoms with Crippen LogP contribution in [-0.2, 0) is 17.8 Å². The summed E-state index contributed by atoms with van der Waals surface area (Å²) >= 11 is 8.40. The number of benzene rings is 4. The summed E-state index contributed by atoms with van der Waals surface area (Å²) in [6.07, 6.45) is 1.50. The summed E-state index contributed by atoms with van der Waals surface area (Å²) < 4.78 is 33.0. The molecule has 0 radical (unpaired) electrons. The average Bonchev–Trinajstić information content (AvgIpc) is 3.66. The molecule has 0 bridgehead atoms. The summed E-state index contributed by atoms with van der Waals surface area (Å²) in [5.41, 5.74) is 4.70. The molecule has 1 aliphatic rings. The summed E-state index contributed by atoms with van der Waals surface area (Å²) in [5, 5.41) is 21.5. The quantitative estimate of drug-likeness (QED) is 0.102. The molecule has 0 aliphatic carbocycles. The van der Waals surface area contributed by atoms with Crippen molar-refractivity contribution in [1.82, 2.24) is 29.7 Å². The number of fused-ring (bicyclic) bond motifs is 1. The lowest BCUT2D eigenvalue weighted by Gasteiger charge is -2.32. The molecule has 3 aromatic heterocycles. The molecule has 0 amide bonds. The summed E-state index contributed by atoms with van der Waals surface area (Å²) in [4.78, 5) is 37.0. The van der Waals surface area contributed by atoms with Crippen molar-refractivity contribution >= 4 is 39.1 Å². The molecule has 15 heteroatoms. The fourth-order valence-corrected chi connectivity index (χ4v) is 8.57. The number of nitrogens with zero attached hydrogens (tertiary/aromatic N) is 6. The molecule has 0 spiro atoms. The number of likely N-dealkylation sites (N-methyl/N-ethyl adjacent to an activating group) is 1. The third-order valence-corrected chi connectivity index (χ3v) is 12.2. The molecular weight excluding hydrogens is 819 g/mol. The van der Waals surface area contributed by atoms with E-state index in [-0.39, 0.29) is 30.5 Å². The van der Waals surface area contributed by atoms with Gasteiger partial charge in [-0.3, -0.25) is 4.90 Å². The highest BCUT2D eigenvalue weighted by atomic mass is 35.5. The minimum atomic E-state index is -1.39. The van der Waals surface area contributed by atoms with Crippen LogP contribution in [0.5, 0.6) is 23.1 Å². The third-order valence-electron chi connectivity index (χ3n) is 10.5. The van der Waals surface area contributed by atoms with Crippen LogP contribution >= 0.6 is 22.9 Å². The summed E-state index contributed by atoms with van der Waals surface area (Å²) in [5.74, 6) is 0.0137. The molecule has 12 nitrogen and oxygen atoms in total. The van der Waals surface area contributed by atoms with Crippen LogP contribution in [0, 0.1) is 12.7 Å². The number of carboxylic acid groups (broad SMARTS) is 1. The lowest BCUT2D eigenvalue weighted by Crippen LogP contribution is -2.45. The smallest absolute Gasteiger partial charge is 0.345 e. The maximum atomic E-state index is 14.2. The first-order chi connectivity index (χ1) is 29.6. The zero-order chi connectivity index (χ0) is 42.5. The van der Waals surface area contributed by atoms with E-state index in [4.69, 9.17) is 25.8 Å². The van der Waals surface area contributed by atoms with Gasteiger partial charge in [0.25, 0.3) is 0 Å². The topological polar surface area (TPSA) is 143 Å². The molecule has 0 unspecified atom stereocenters. The maximum absolute atomic E-state index is 14.2. The van der Waals surface area contributed by atoms with Crippen molar-refractivity contribution in [1.29, 1.82) is 0 Å². The van der Waals surface area contributed by atoms with Crippen molar-refractivity contribution in [3.8, 4) is 56.1 Å². The van der Waals surface area contributed by atoms with Gasteiger partial charge in [0.05, 0.1) is 16.1 Å². The van der Waals surface area contributed by atoms with Crippen LogP contribution in [-0.4, -0.2) is 98.4 Å². The van der Waals surface area contributed by atoms with Crippen LogP contribution in [0.4, 0.5) is 4.39 Å². The van der Waals surface area contributed by atoms with Gasteiger partial charge in [0.15, 0.2) is 5.82 Å². The molecule has 4 aromatic carbocycles. The van der Waals surface area contributed by atoms with E-state index in [9.17, 15) is 19.4 Å². The van der Waals surface area contributed by atoms with Crippen LogP contribution in [0.3, 0.4) is 0 Å². The van der Waals surface area contributed by atoms with Crippen molar-refractivity contribution in [2.24, 2.45) is 0 Å². The Morgan fingerprint density at radius 3 is 2.51 bits per heavy atom. The highest BCUT2D eigenvalue weighted by Gasteiger charge is 2.28. The molecule has 61 heavy (non-hydrogen) atoms. The minimum absolute atomic E-state index is 0.0649. The van der Waals surface area contributed by atoms with E-state index in [0.29, 0.717) is 61.6 Å². The zero-order valence-electron chi connectivity index (χ0n) is 33.4. The van der Waals surface area contributed by atoms with E-state index in [2.05, 4.69) is 36.8 Å². The Morgan fingerprint density at radius 2 is 1.72 bits per heavy atom. The number of carboxylic acids is 1. The monoisotopic (exact) mass is 860 g/mol. The van der Waals surface area contributed by atoms with Gasteiger partial charge in [-0.15, -0.1) is 11.3 Å². The van der Waals surface area contributed by atoms with Crippen LogP contribution in [0.25, 0.3) is 43.2 Å². The second-order valence-electron chi connectivity index (χ2n) is 14.7. The van der Waals surface area contributed by atoms with E-state index < -0.39 is 12.1 Å². The van der Waals surface area contributed by atoms with Crippen LogP contribution in [0.15, 0.2) is 104 Å². The molecule has 8 rings (SSSR count). The number of halogens is 2. The highest BCUT2D eigenvalue weighted by molar-refractivity contribution is 7.22. The fraction of sp³-hybridized carbons (Fsp3) is 0.239. The number of hydrogen-bond donors (Lipinski definition) is 2. The van der Waals surface area contributed by atoms with Crippen molar-refractivity contribution in [2.45, 2.75) is 26.1 Å². The van der Waals surface area contributed by atoms with Crippen molar-refractivity contribution in [3.05, 3.63) is 131 Å². The lowest BCUT2D eigenvalue weighted by molar-refractivity contribution is -0.145. The maximum Gasteiger partial charge on any atom is 0.345 e. The predicted molar refractivity (Wildman–Crippen MR) is 233 cm³/mol. The van der Waals surface area contributed by atoms with Gasteiger partial charge < -0.3 is 29.3 Å². The van der Waals surface area contributed by atoms with E-state index in [1.807, 2.05) is 19.1 Å². The Labute approximate surface area is 360 Å². The number of piperazine rings is 1. The summed E-state index contributed by atoms with van der Waals surface area (Å²) in [6, 6.07) is 25.4. The van der Waals surface area contributed by atoms with Gasteiger partial charge in [-0.05, 0) is 78.7 Å². The van der Waals surface area contributed by atoms with Crippen molar-refractivity contribution in [2.75, 3.05) is 46.4 Å². The Balaban J connectivity index is 1.08. The van der Waals surface area contributed by atoms with Gasteiger partial charge in [0.1, 0.15) is 47.4 Å². The van der Waals surface area contributed by atoms with E-state index >= 15 is 0 Å². The molecule has 4 heterocycles. The Kier molecular flexibility index (Phi) is 12.7. The number of para-hydroxylation sites is 1. The van der Waals surface area contributed by atoms with Gasteiger partial charge in [-0.25, -0.2) is 29.1 Å². The van der Waals surface area contributed by atoms with E-state index in [1.54, 1.807) is 72.9 Å². The molecular formula is C46H42ClFN6O6S. The molecule has 1 saturated heterocycles. The standard InChI is InChI=1S/C46H42ClFN6O6S/c1-28-35(14-15-37(41(28)47)58-23-22-54-20-18-53(2)19-21-54)39-40-44(50-27-51-45(40)61-42(39)29-10-12-32(48)13-11-29)60-38(46(56)57)25-30-6-3-4-9-36(30)59-26-33-16-17-49-43(52-33)31-7-5-8-34(55)24-31/h3-17,24,27,38,55H,18-23,25-26H2,1-2H3,(H,56,57)/t38-/m1/s1. The number of hydrogen-bond acceptors (Lipinski definition) is 12. The average molecular weight is 861 g/mol. The van der Waals surface area contributed by atoms with Gasteiger partial charge in [-0.1, -0.05) is 60.1 Å². The second kappa shape index (κ2) is 18.6. The third kappa shape index (κ3) is 9.58. The van der Waals surface area contributed by atoms with Gasteiger partial charge in [0.2, 0.25) is 12.0 Å². The Bertz CT molecular complexity index is 2680. The first-order valence-electron chi connectivity index (χ1n) is 19.7. The largest absolute Gasteiger partial charge is 0.508 e. The van der Waals surface area contributed by atoms with E-state index in [1.165, 1.54) is 29.8 Å². The molecule has 1 fully saturated rings. The minimum Gasteiger partial charge on any atom is -0.508 e. The highest BCUT2D eigenvalue weighted by Crippen LogP contribution is 2.49. The van der Waals surface area contributed by atoms with Gasteiger partial charge >= 0.3 is 5.97 Å². The molecule has 7 aromatic rings. The molecule has 312 valence electrons. The van der Waals surface area contributed by atoms with Crippen LogP contribution in [0.1, 0.15) is 16.8 Å². The number of aliphatic carboxylic acids is 1. The number of rotatable bonds is 15. The SMILES string of the molecule is Cc1c(-c2c(-c3ccc(F)cc3)sc3ncnc(O[C@H](Cc4ccccc4OCc4ccnc(-c5cccc(O)c5)n4)C(=O)O)c23)ccc(OCCN2CCN(C)CC2)c1Cl. The summed E-state index contributed by atoms with van der Waals surface area (Å²) in [7, 11) is 2.12. The van der Waals surface area contributed by atoms with Crippen molar-refractivity contribution < 1.29 is 33.6 Å². The molecule has 0 saturated carbocycles. The second-order valence-corrected chi connectivity index (χ2v) is 16.1. The number of aromatic nitrogens is 4. The van der Waals surface area contributed by atoms with Crippen LogP contribution in [0.2, 0.25) is 5.02 Å². The fourth-order valence-electron chi connectivity index (χ4n) is 7.20. The predicted octanol–water partition coefficient (Wildman–Crippen LogP) is 8.57. The number of phenolic OH excluding ortho intramolecular Hbond substituents is 1. The number of aromatic hydroxyl groups is 1. The number of carbonyl (C=O) groups is 1.